The molecule has 1 atom stereocenters. The first-order chi connectivity index (χ1) is 8.95. The van der Waals surface area contributed by atoms with E-state index in [1.54, 1.807) is 0 Å². The minimum absolute atomic E-state index is 0.207. The van der Waals surface area contributed by atoms with Crippen LogP contribution in [-0.4, -0.2) is 30.6 Å². The van der Waals surface area contributed by atoms with E-state index in [1.165, 1.54) is 42.4 Å². The lowest BCUT2D eigenvalue weighted by molar-refractivity contribution is 0.123. The van der Waals surface area contributed by atoms with Crippen molar-refractivity contribution in [1.29, 1.82) is 0 Å². The molecule has 0 radical (unpaired) electrons. The van der Waals surface area contributed by atoms with Crippen molar-refractivity contribution in [2.24, 2.45) is 5.73 Å². The summed E-state index contributed by atoms with van der Waals surface area (Å²) in [7, 11) is 4.37. The van der Waals surface area contributed by atoms with Crippen LogP contribution in [0.25, 0.3) is 0 Å². The molecule has 0 saturated heterocycles. The molecule has 0 amide bonds. The fourth-order valence-corrected chi connectivity index (χ4v) is 3.51. The van der Waals surface area contributed by atoms with Crippen LogP contribution in [0.15, 0.2) is 18.2 Å². The van der Waals surface area contributed by atoms with E-state index >= 15 is 0 Å². The maximum Gasteiger partial charge on any atom is 0.0357 e. The third kappa shape index (κ3) is 2.85. The lowest BCUT2D eigenvalue weighted by Crippen LogP contribution is -2.56. The van der Waals surface area contributed by atoms with E-state index in [1.807, 2.05) is 0 Å². The molecular weight excluding hydrogens is 232 g/mol. The van der Waals surface area contributed by atoms with Crippen molar-refractivity contribution >= 4 is 0 Å². The van der Waals surface area contributed by atoms with Crippen LogP contribution in [0.4, 0.5) is 0 Å². The Labute approximate surface area is 118 Å². The molecule has 0 heterocycles. The Morgan fingerprint density at radius 2 is 1.79 bits per heavy atom. The van der Waals surface area contributed by atoms with Crippen LogP contribution in [0, 0.1) is 13.8 Å². The zero-order valence-electron chi connectivity index (χ0n) is 12.9. The van der Waals surface area contributed by atoms with Crippen molar-refractivity contribution in [3.05, 3.63) is 34.9 Å². The van der Waals surface area contributed by atoms with Crippen molar-refractivity contribution in [3.8, 4) is 0 Å². The average Bonchev–Trinajstić information content (AvgIpc) is 2.84. The average molecular weight is 260 g/mol. The first kappa shape index (κ1) is 14.5. The third-order valence-corrected chi connectivity index (χ3v) is 5.08. The predicted molar refractivity (Wildman–Crippen MR) is 82.5 cm³/mol. The molecule has 0 spiro atoms. The maximum absolute atomic E-state index is 6.59. The standard InChI is InChI=1S/C17H28N2/c1-13-7-8-15(11-14(13)2)12-16(18)17(19(3)4)9-5-6-10-17/h7-8,11,16H,5-6,9-10,12,18H2,1-4H3. The van der Waals surface area contributed by atoms with Crippen LogP contribution in [0.5, 0.6) is 0 Å². The molecule has 106 valence electrons. The van der Waals surface area contributed by atoms with Crippen molar-refractivity contribution in [2.45, 2.75) is 57.5 Å². The highest BCUT2D eigenvalue weighted by atomic mass is 15.2. The quantitative estimate of drug-likeness (QED) is 0.901. The molecule has 2 nitrogen and oxygen atoms in total. The molecule has 1 unspecified atom stereocenters. The van der Waals surface area contributed by atoms with Gasteiger partial charge in [0.2, 0.25) is 0 Å². The minimum Gasteiger partial charge on any atom is -0.326 e. The van der Waals surface area contributed by atoms with Gasteiger partial charge in [-0.15, -0.1) is 0 Å². The zero-order valence-corrected chi connectivity index (χ0v) is 12.9. The lowest BCUT2D eigenvalue weighted by Gasteiger charge is -2.41. The molecule has 1 aromatic rings. The molecule has 1 saturated carbocycles. The van der Waals surface area contributed by atoms with Crippen LogP contribution < -0.4 is 5.73 Å². The first-order valence-electron chi connectivity index (χ1n) is 7.45. The molecule has 1 aromatic carbocycles. The Morgan fingerprint density at radius 1 is 1.16 bits per heavy atom. The van der Waals surface area contributed by atoms with Crippen LogP contribution in [0.2, 0.25) is 0 Å². The summed E-state index contributed by atoms with van der Waals surface area (Å²) in [4.78, 5) is 2.37. The number of nitrogens with zero attached hydrogens (tertiary/aromatic N) is 1. The van der Waals surface area contributed by atoms with Crippen LogP contribution in [0.3, 0.4) is 0 Å². The lowest BCUT2D eigenvalue weighted by atomic mass is 9.83. The summed E-state index contributed by atoms with van der Waals surface area (Å²) in [5.41, 5.74) is 10.9. The zero-order chi connectivity index (χ0) is 14.0. The molecule has 19 heavy (non-hydrogen) atoms. The minimum atomic E-state index is 0.207. The summed E-state index contributed by atoms with van der Waals surface area (Å²) >= 11 is 0. The number of likely N-dealkylation sites (N-methyl/N-ethyl adjacent to an activating group) is 1. The number of rotatable bonds is 4. The van der Waals surface area contributed by atoms with Crippen molar-refractivity contribution in [1.82, 2.24) is 4.90 Å². The Morgan fingerprint density at radius 3 is 2.32 bits per heavy atom. The van der Waals surface area contributed by atoms with Gasteiger partial charge in [0, 0.05) is 11.6 Å². The number of aryl methyl sites for hydroxylation is 2. The second-order valence-electron chi connectivity index (χ2n) is 6.43. The Hall–Kier alpha value is -0.860. The summed E-state index contributed by atoms with van der Waals surface area (Å²) in [5, 5.41) is 0. The van der Waals surface area contributed by atoms with Crippen molar-refractivity contribution in [3.63, 3.8) is 0 Å². The SMILES string of the molecule is Cc1ccc(CC(N)C2(N(C)C)CCCC2)cc1C. The van der Waals surface area contributed by atoms with Gasteiger partial charge in [-0.05, 0) is 63.9 Å². The summed E-state index contributed by atoms with van der Waals surface area (Å²) in [6.07, 6.45) is 6.11. The number of nitrogens with two attached hydrogens (primary N) is 1. The van der Waals surface area contributed by atoms with Crippen molar-refractivity contribution < 1.29 is 0 Å². The van der Waals surface area contributed by atoms with E-state index in [4.69, 9.17) is 5.73 Å². The number of hydrogen-bond donors (Lipinski definition) is 1. The molecule has 2 N–H and O–H groups in total. The van der Waals surface area contributed by atoms with Gasteiger partial charge >= 0.3 is 0 Å². The largest absolute Gasteiger partial charge is 0.326 e. The van der Waals surface area contributed by atoms with Crippen LogP contribution in [0.1, 0.15) is 42.4 Å². The van der Waals surface area contributed by atoms with Gasteiger partial charge in [0.1, 0.15) is 0 Å². The molecule has 0 aromatic heterocycles. The van der Waals surface area contributed by atoms with Gasteiger partial charge in [-0.25, -0.2) is 0 Å². The second-order valence-corrected chi connectivity index (χ2v) is 6.43. The molecular formula is C17H28N2. The van der Waals surface area contributed by atoms with Crippen molar-refractivity contribution in [2.75, 3.05) is 14.1 Å². The Bertz CT molecular complexity index is 431. The normalized spacial score (nSPS) is 19.9. The van der Waals surface area contributed by atoms with Crippen LogP contribution in [-0.2, 0) is 6.42 Å². The molecule has 1 fully saturated rings. The summed E-state index contributed by atoms with van der Waals surface area (Å²) < 4.78 is 0. The number of hydrogen-bond acceptors (Lipinski definition) is 2. The van der Waals surface area contributed by atoms with Gasteiger partial charge < -0.3 is 10.6 Å². The first-order valence-corrected chi connectivity index (χ1v) is 7.45. The monoisotopic (exact) mass is 260 g/mol. The topological polar surface area (TPSA) is 29.3 Å². The van der Waals surface area contributed by atoms with Gasteiger partial charge in [-0.3, -0.25) is 0 Å². The van der Waals surface area contributed by atoms with E-state index in [2.05, 4.69) is 51.0 Å². The van der Waals surface area contributed by atoms with E-state index in [0.29, 0.717) is 0 Å². The van der Waals surface area contributed by atoms with E-state index in [-0.39, 0.29) is 11.6 Å². The highest BCUT2D eigenvalue weighted by molar-refractivity contribution is 5.30. The molecule has 1 aliphatic carbocycles. The van der Waals surface area contributed by atoms with E-state index in [0.717, 1.165) is 6.42 Å². The molecule has 2 heteroatoms. The smallest absolute Gasteiger partial charge is 0.0357 e. The van der Waals surface area contributed by atoms with Gasteiger partial charge in [0.15, 0.2) is 0 Å². The second kappa shape index (κ2) is 5.64. The van der Waals surface area contributed by atoms with E-state index < -0.39 is 0 Å². The van der Waals surface area contributed by atoms with Crippen LogP contribution >= 0.6 is 0 Å². The third-order valence-electron chi connectivity index (χ3n) is 5.08. The van der Waals surface area contributed by atoms with Gasteiger partial charge in [0.25, 0.3) is 0 Å². The number of benzene rings is 1. The Kier molecular flexibility index (Phi) is 4.32. The molecule has 0 bridgehead atoms. The molecule has 2 rings (SSSR count). The fraction of sp³-hybridized carbons (Fsp3) is 0.647. The Balaban J connectivity index is 2.15. The predicted octanol–water partition coefficient (Wildman–Crippen LogP) is 3.05. The maximum atomic E-state index is 6.59. The van der Waals surface area contributed by atoms with Gasteiger partial charge in [-0.2, -0.15) is 0 Å². The fourth-order valence-electron chi connectivity index (χ4n) is 3.51. The molecule has 1 aliphatic rings. The highest BCUT2D eigenvalue weighted by Crippen LogP contribution is 2.37. The summed E-state index contributed by atoms with van der Waals surface area (Å²) in [6.45, 7) is 4.35. The molecule has 0 aliphatic heterocycles. The summed E-state index contributed by atoms with van der Waals surface area (Å²) in [5.74, 6) is 0. The van der Waals surface area contributed by atoms with Gasteiger partial charge in [0.05, 0.1) is 0 Å². The highest BCUT2D eigenvalue weighted by Gasteiger charge is 2.41. The van der Waals surface area contributed by atoms with E-state index in [9.17, 15) is 0 Å². The van der Waals surface area contributed by atoms with Gasteiger partial charge in [-0.1, -0.05) is 31.0 Å². The summed E-state index contributed by atoms with van der Waals surface area (Å²) in [6, 6.07) is 6.98.